The Bertz CT molecular complexity index is 1010. The van der Waals surface area contributed by atoms with E-state index in [0.717, 1.165) is 22.2 Å². The molecule has 1 aromatic heterocycles. The van der Waals surface area contributed by atoms with E-state index in [-0.39, 0.29) is 0 Å². The lowest BCUT2D eigenvalue weighted by molar-refractivity contribution is -0.342. The van der Waals surface area contributed by atoms with E-state index < -0.39 is 6.17 Å². The van der Waals surface area contributed by atoms with Gasteiger partial charge in [0, 0.05) is 16.8 Å². The number of hydrogen-bond acceptors (Lipinski definition) is 2. The molecule has 0 aliphatic rings. The standard InChI is InChI=1S/C20H17N3/c21-20(22)17-9-4-3-8-15(17)16-10-5-11-18-19(16)14-7-2-1-6-13(14)12-23-18/h1-12,20H,21-22H2/p+1. The molecule has 0 saturated heterocycles. The molecule has 1 heterocycles. The van der Waals surface area contributed by atoms with Crippen molar-refractivity contribution in [3.63, 3.8) is 0 Å². The molecule has 4 rings (SSSR count). The molecule has 0 fully saturated rings. The zero-order valence-corrected chi connectivity index (χ0v) is 12.7. The number of nitrogens with two attached hydrogens (primary N) is 2. The summed E-state index contributed by atoms with van der Waals surface area (Å²) in [6.45, 7) is 0. The van der Waals surface area contributed by atoms with Crippen LogP contribution in [0.25, 0.3) is 32.8 Å². The minimum absolute atomic E-state index is 0.500. The van der Waals surface area contributed by atoms with Crippen LogP contribution in [0.5, 0.6) is 0 Å². The number of pyridine rings is 1. The molecule has 0 spiro atoms. The van der Waals surface area contributed by atoms with Gasteiger partial charge in [-0.05, 0) is 22.8 Å². The van der Waals surface area contributed by atoms with Crippen molar-refractivity contribution in [3.05, 3.63) is 78.5 Å². The second-order valence-electron chi connectivity index (χ2n) is 5.72. The van der Waals surface area contributed by atoms with Gasteiger partial charge in [-0.3, -0.25) is 0 Å². The lowest BCUT2D eigenvalue weighted by Crippen LogP contribution is -2.20. The normalized spacial score (nSPS) is 11.4. The number of aromatic amines is 1. The van der Waals surface area contributed by atoms with Crippen LogP contribution in [0, 0.1) is 0 Å². The van der Waals surface area contributed by atoms with Crippen molar-refractivity contribution in [2.75, 3.05) is 0 Å². The number of rotatable bonds is 2. The Balaban J connectivity index is 2.15. The van der Waals surface area contributed by atoms with Gasteiger partial charge >= 0.3 is 0 Å². The van der Waals surface area contributed by atoms with Crippen molar-refractivity contribution in [2.24, 2.45) is 11.5 Å². The van der Waals surface area contributed by atoms with E-state index in [9.17, 15) is 0 Å². The third-order valence-corrected chi connectivity index (χ3v) is 4.29. The van der Waals surface area contributed by atoms with Gasteiger partial charge in [0.25, 0.3) is 0 Å². The third-order valence-electron chi connectivity index (χ3n) is 4.29. The SMILES string of the molecule is NC(N)c1ccccc1-c1cccc2[nH+]cc3ccccc3c12. The Morgan fingerprint density at radius 3 is 2.35 bits per heavy atom. The Morgan fingerprint density at radius 2 is 1.48 bits per heavy atom. The van der Waals surface area contributed by atoms with E-state index in [0.29, 0.717) is 0 Å². The van der Waals surface area contributed by atoms with E-state index in [1.165, 1.54) is 16.2 Å². The molecular formula is C20H18N3+. The van der Waals surface area contributed by atoms with Crippen LogP contribution in [0.4, 0.5) is 0 Å². The summed E-state index contributed by atoms with van der Waals surface area (Å²) < 4.78 is 0. The third kappa shape index (κ3) is 2.27. The number of H-pyrrole nitrogens is 1. The summed E-state index contributed by atoms with van der Waals surface area (Å²) in [5, 5.41) is 3.60. The summed E-state index contributed by atoms with van der Waals surface area (Å²) in [6, 6.07) is 22.7. The maximum absolute atomic E-state index is 5.98. The first-order valence-electron chi connectivity index (χ1n) is 7.68. The quantitative estimate of drug-likeness (QED) is 0.440. The summed E-state index contributed by atoms with van der Waals surface area (Å²) in [4.78, 5) is 3.39. The molecule has 0 aliphatic heterocycles. The molecule has 0 unspecified atom stereocenters. The average Bonchev–Trinajstić information content (AvgIpc) is 2.61. The lowest BCUT2D eigenvalue weighted by atomic mass is 9.93. The molecule has 0 saturated carbocycles. The van der Waals surface area contributed by atoms with Crippen molar-refractivity contribution in [1.29, 1.82) is 0 Å². The first-order valence-corrected chi connectivity index (χ1v) is 7.68. The van der Waals surface area contributed by atoms with Crippen molar-refractivity contribution < 1.29 is 4.98 Å². The van der Waals surface area contributed by atoms with Crippen molar-refractivity contribution in [2.45, 2.75) is 6.17 Å². The maximum atomic E-state index is 5.98. The van der Waals surface area contributed by atoms with Gasteiger partial charge in [0.15, 0.2) is 6.20 Å². The molecule has 4 aromatic rings. The van der Waals surface area contributed by atoms with Gasteiger partial charge < -0.3 is 11.5 Å². The van der Waals surface area contributed by atoms with Crippen LogP contribution in [0.1, 0.15) is 11.7 Å². The molecule has 0 amide bonds. The second-order valence-corrected chi connectivity index (χ2v) is 5.72. The highest BCUT2D eigenvalue weighted by atomic mass is 14.8. The Kier molecular flexibility index (Phi) is 3.30. The molecule has 3 aromatic carbocycles. The summed E-state index contributed by atoms with van der Waals surface area (Å²) in [6.07, 6.45) is 1.54. The number of fused-ring (bicyclic) bond motifs is 3. The minimum Gasteiger partial charge on any atom is -0.312 e. The van der Waals surface area contributed by atoms with Gasteiger partial charge in [-0.25, -0.2) is 4.98 Å². The van der Waals surface area contributed by atoms with Crippen LogP contribution >= 0.6 is 0 Å². The minimum atomic E-state index is -0.500. The van der Waals surface area contributed by atoms with Crippen LogP contribution in [0.3, 0.4) is 0 Å². The second kappa shape index (κ2) is 5.47. The number of benzene rings is 3. The number of nitrogens with one attached hydrogen (secondary N) is 1. The van der Waals surface area contributed by atoms with Crippen molar-refractivity contribution in [1.82, 2.24) is 0 Å². The smallest absolute Gasteiger partial charge is 0.212 e. The molecule has 23 heavy (non-hydrogen) atoms. The zero-order chi connectivity index (χ0) is 15.8. The van der Waals surface area contributed by atoms with Crippen LogP contribution in [-0.4, -0.2) is 0 Å². The summed E-state index contributed by atoms with van der Waals surface area (Å²) in [5.74, 6) is 0. The first kappa shape index (κ1) is 13.9. The molecule has 5 N–H and O–H groups in total. The van der Waals surface area contributed by atoms with Crippen LogP contribution in [0.15, 0.2) is 72.9 Å². The Morgan fingerprint density at radius 1 is 0.739 bits per heavy atom. The highest BCUT2D eigenvalue weighted by Crippen LogP contribution is 2.34. The van der Waals surface area contributed by atoms with Gasteiger partial charge in [0.2, 0.25) is 5.52 Å². The summed E-state index contributed by atoms with van der Waals surface area (Å²) in [7, 11) is 0. The van der Waals surface area contributed by atoms with E-state index in [1.807, 2.05) is 30.5 Å². The van der Waals surface area contributed by atoms with Crippen molar-refractivity contribution in [3.8, 4) is 11.1 Å². The topological polar surface area (TPSA) is 66.2 Å². The molecule has 0 aliphatic carbocycles. The highest BCUT2D eigenvalue weighted by molar-refractivity contribution is 6.11. The highest BCUT2D eigenvalue weighted by Gasteiger charge is 2.15. The van der Waals surface area contributed by atoms with Gasteiger partial charge in [-0.1, -0.05) is 54.6 Å². The van der Waals surface area contributed by atoms with E-state index in [2.05, 4.69) is 47.4 Å². The van der Waals surface area contributed by atoms with Crippen LogP contribution in [0.2, 0.25) is 0 Å². The van der Waals surface area contributed by atoms with Gasteiger partial charge in [0.05, 0.1) is 11.6 Å². The van der Waals surface area contributed by atoms with Crippen LogP contribution in [-0.2, 0) is 0 Å². The summed E-state index contributed by atoms with van der Waals surface area (Å²) in [5.41, 5.74) is 16.2. The first-order chi connectivity index (χ1) is 11.3. The van der Waals surface area contributed by atoms with E-state index >= 15 is 0 Å². The lowest BCUT2D eigenvalue weighted by Gasteiger charge is -2.14. The fourth-order valence-corrected chi connectivity index (χ4v) is 3.23. The fraction of sp³-hybridized carbons (Fsp3) is 0.0500. The summed E-state index contributed by atoms with van der Waals surface area (Å²) >= 11 is 0. The molecule has 112 valence electrons. The molecule has 3 heteroatoms. The molecule has 3 nitrogen and oxygen atoms in total. The predicted molar refractivity (Wildman–Crippen MR) is 94.6 cm³/mol. The molecule has 0 atom stereocenters. The van der Waals surface area contributed by atoms with E-state index in [1.54, 1.807) is 0 Å². The largest absolute Gasteiger partial charge is 0.312 e. The van der Waals surface area contributed by atoms with Crippen LogP contribution < -0.4 is 16.5 Å². The van der Waals surface area contributed by atoms with Gasteiger partial charge in [-0.15, -0.1) is 0 Å². The zero-order valence-electron chi connectivity index (χ0n) is 12.7. The van der Waals surface area contributed by atoms with Gasteiger partial charge in [-0.2, -0.15) is 0 Å². The number of hydrogen-bond donors (Lipinski definition) is 2. The fourth-order valence-electron chi connectivity index (χ4n) is 3.23. The van der Waals surface area contributed by atoms with E-state index in [4.69, 9.17) is 11.5 Å². The van der Waals surface area contributed by atoms with Gasteiger partial charge in [0.1, 0.15) is 0 Å². The van der Waals surface area contributed by atoms with Crippen molar-refractivity contribution >= 4 is 21.7 Å². The molecular weight excluding hydrogens is 282 g/mol. The Hall–Kier alpha value is -2.75. The maximum Gasteiger partial charge on any atom is 0.212 e. The molecule has 0 bridgehead atoms. The Labute approximate surface area is 134 Å². The average molecular weight is 300 g/mol. The molecule has 0 radical (unpaired) electrons. The number of aromatic nitrogens is 1. The monoisotopic (exact) mass is 300 g/mol. The predicted octanol–water partition coefficient (Wildman–Crippen LogP) is 3.39.